The summed E-state index contributed by atoms with van der Waals surface area (Å²) in [7, 11) is 0. The first-order valence-corrected chi connectivity index (χ1v) is 10.9. The molecule has 0 bridgehead atoms. The van der Waals surface area contributed by atoms with Crippen molar-refractivity contribution in [1.29, 1.82) is 0 Å². The van der Waals surface area contributed by atoms with Crippen molar-refractivity contribution < 1.29 is 18.7 Å². The second-order valence-corrected chi connectivity index (χ2v) is 8.72. The Hall–Kier alpha value is -2.61. The number of halogens is 1. The lowest BCUT2D eigenvalue weighted by Crippen LogP contribution is -2.39. The SMILES string of the molecule is CC1=C(C(=O)OC(C)C)C(c2ccccc2F)N2C(CC(=O)NC3CC3)=CSC2=N1. The minimum atomic E-state index is -0.750. The molecule has 0 spiro atoms. The van der Waals surface area contributed by atoms with E-state index < -0.39 is 17.8 Å². The fraction of sp³-hybridized carbons (Fsp3) is 0.409. The van der Waals surface area contributed by atoms with Crippen LogP contribution in [0.15, 0.2) is 51.6 Å². The third kappa shape index (κ3) is 4.14. The van der Waals surface area contributed by atoms with Gasteiger partial charge in [-0.3, -0.25) is 4.79 Å². The second kappa shape index (κ2) is 8.26. The zero-order valence-electron chi connectivity index (χ0n) is 17.1. The third-order valence-electron chi connectivity index (χ3n) is 5.05. The average molecular weight is 430 g/mol. The van der Waals surface area contributed by atoms with Crippen molar-refractivity contribution in [2.45, 2.75) is 58.2 Å². The van der Waals surface area contributed by atoms with Crippen LogP contribution in [0.2, 0.25) is 0 Å². The molecule has 2 aliphatic heterocycles. The lowest BCUT2D eigenvalue weighted by Gasteiger charge is -2.36. The number of hydrogen-bond donors (Lipinski definition) is 1. The van der Waals surface area contributed by atoms with Crippen LogP contribution in [0.1, 0.15) is 51.6 Å². The number of carbonyl (C=O) groups excluding carboxylic acids is 2. The highest BCUT2D eigenvalue weighted by Gasteiger charge is 2.42. The summed E-state index contributed by atoms with van der Waals surface area (Å²) in [6.45, 7) is 5.26. The molecule has 0 saturated heterocycles. The van der Waals surface area contributed by atoms with E-state index in [0.717, 1.165) is 12.8 Å². The normalized spacial score (nSPS) is 20.7. The molecule has 8 heteroatoms. The highest BCUT2D eigenvalue weighted by Crippen LogP contribution is 2.45. The van der Waals surface area contributed by atoms with Gasteiger partial charge < -0.3 is 15.0 Å². The van der Waals surface area contributed by atoms with E-state index in [2.05, 4.69) is 10.3 Å². The highest BCUT2D eigenvalue weighted by atomic mass is 32.2. The van der Waals surface area contributed by atoms with Crippen molar-refractivity contribution in [3.63, 3.8) is 0 Å². The van der Waals surface area contributed by atoms with Crippen LogP contribution >= 0.6 is 11.8 Å². The molecule has 30 heavy (non-hydrogen) atoms. The Kier molecular flexibility index (Phi) is 5.69. The van der Waals surface area contributed by atoms with Gasteiger partial charge in [0.2, 0.25) is 5.91 Å². The highest BCUT2D eigenvalue weighted by molar-refractivity contribution is 8.16. The second-order valence-electron chi connectivity index (χ2n) is 7.89. The number of esters is 1. The number of ether oxygens (including phenoxy) is 1. The lowest BCUT2D eigenvalue weighted by molar-refractivity contribution is -0.143. The molecule has 1 aromatic rings. The zero-order chi connectivity index (χ0) is 21.4. The molecule has 1 amide bonds. The number of aliphatic imine (C=N–C) groups is 1. The summed E-state index contributed by atoms with van der Waals surface area (Å²) < 4.78 is 20.3. The Labute approximate surface area is 179 Å². The monoisotopic (exact) mass is 429 g/mol. The van der Waals surface area contributed by atoms with Gasteiger partial charge in [-0.15, -0.1) is 0 Å². The summed E-state index contributed by atoms with van der Waals surface area (Å²) in [6, 6.07) is 5.87. The quantitative estimate of drug-likeness (QED) is 0.692. The van der Waals surface area contributed by atoms with Crippen molar-refractivity contribution in [2.24, 2.45) is 4.99 Å². The van der Waals surface area contributed by atoms with Gasteiger partial charge in [-0.2, -0.15) is 0 Å². The molecule has 1 N–H and O–H groups in total. The van der Waals surface area contributed by atoms with Crippen molar-refractivity contribution in [3.8, 4) is 0 Å². The Morgan fingerprint density at radius 2 is 2.07 bits per heavy atom. The topological polar surface area (TPSA) is 71.0 Å². The molecule has 0 aromatic heterocycles. The molecule has 1 unspecified atom stereocenters. The van der Waals surface area contributed by atoms with E-state index in [1.165, 1.54) is 17.8 Å². The Balaban J connectivity index is 1.73. The number of fused-ring (bicyclic) bond motifs is 1. The average Bonchev–Trinajstić information content (AvgIpc) is 3.40. The summed E-state index contributed by atoms with van der Waals surface area (Å²) in [5.41, 5.74) is 1.81. The van der Waals surface area contributed by atoms with Crippen LogP contribution in [-0.4, -0.2) is 34.1 Å². The van der Waals surface area contributed by atoms with Crippen LogP contribution in [-0.2, 0) is 14.3 Å². The van der Waals surface area contributed by atoms with Crippen LogP contribution in [0.4, 0.5) is 4.39 Å². The number of rotatable bonds is 6. The predicted molar refractivity (Wildman–Crippen MR) is 114 cm³/mol. The number of hydrogen-bond acceptors (Lipinski definition) is 6. The molecule has 158 valence electrons. The molecule has 3 aliphatic rings. The largest absolute Gasteiger partial charge is 0.459 e. The van der Waals surface area contributed by atoms with Crippen LogP contribution in [0.3, 0.4) is 0 Å². The maximum atomic E-state index is 14.9. The van der Waals surface area contributed by atoms with Gasteiger partial charge in [0, 0.05) is 17.3 Å². The van der Waals surface area contributed by atoms with Crippen LogP contribution in [0.25, 0.3) is 0 Å². The molecule has 2 heterocycles. The summed E-state index contributed by atoms with van der Waals surface area (Å²) in [5.74, 6) is -1.04. The standard InChI is InChI=1S/C22H24FN3O3S/c1-12(2)29-21(28)19-13(3)24-22-26(20(19)16-6-4-5-7-17(16)23)15(11-30-22)10-18(27)25-14-8-9-14/h4-7,11-12,14,20H,8-10H2,1-3H3,(H,25,27). The van der Waals surface area contributed by atoms with Crippen molar-refractivity contribution >= 4 is 28.8 Å². The smallest absolute Gasteiger partial charge is 0.338 e. The van der Waals surface area contributed by atoms with E-state index in [1.54, 1.807) is 43.9 Å². The van der Waals surface area contributed by atoms with E-state index in [9.17, 15) is 14.0 Å². The van der Waals surface area contributed by atoms with Gasteiger partial charge in [0.05, 0.1) is 29.8 Å². The summed E-state index contributed by atoms with van der Waals surface area (Å²) in [4.78, 5) is 31.8. The fourth-order valence-electron chi connectivity index (χ4n) is 3.57. The number of amides is 1. The number of amidine groups is 1. The number of nitrogens with one attached hydrogen (secondary N) is 1. The molecule has 1 saturated carbocycles. The molecule has 6 nitrogen and oxygen atoms in total. The fourth-order valence-corrected chi connectivity index (χ4v) is 4.53. The summed E-state index contributed by atoms with van der Waals surface area (Å²) in [6.07, 6.45) is 1.82. The summed E-state index contributed by atoms with van der Waals surface area (Å²) in [5, 5.41) is 5.45. The molecular weight excluding hydrogens is 405 g/mol. The van der Waals surface area contributed by atoms with E-state index in [0.29, 0.717) is 22.1 Å². The van der Waals surface area contributed by atoms with Gasteiger partial charge in [0.25, 0.3) is 0 Å². The molecule has 1 aromatic carbocycles. The molecule has 4 rings (SSSR count). The third-order valence-corrected chi connectivity index (χ3v) is 5.94. The van der Waals surface area contributed by atoms with Crippen LogP contribution in [0, 0.1) is 5.82 Å². The van der Waals surface area contributed by atoms with Gasteiger partial charge in [0.15, 0.2) is 5.17 Å². The maximum absolute atomic E-state index is 14.9. The Morgan fingerprint density at radius 1 is 1.33 bits per heavy atom. The van der Waals surface area contributed by atoms with Crippen LogP contribution in [0.5, 0.6) is 0 Å². The van der Waals surface area contributed by atoms with Crippen molar-refractivity contribution in [1.82, 2.24) is 10.2 Å². The van der Waals surface area contributed by atoms with E-state index in [4.69, 9.17) is 4.74 Å². The maximum Gasteiger partial charge on any atom is 0.338 e. The number of carbonyl (C=O) groups is 2. The van der Waals surface area contributed by atoms with Gasteiger partial charge in [-0.05, 0) is 45.1 Å². The van der Waals surface area contributed by atoms with Crippen molar-refractivity contribution in [3.05, 3.63) is 58.0 Å². The molecular formula is C22H24FN3O3S. The van der Waals surface area contributed by atoms with Gasteiger partial charge in [-0.1, -0.05) is 30.0 Å². The lowest BCUT2D eigenvalue weighted by atomic mass is 9.93. The number of thioether (sulfide) groups is 1. The molecule has 1 atom stereocenters. The van der Waals surface area contributed by atoms with Gasteiger partial charge in [-0.25, -0.2) is 14.2 Å². The van der Waals surface area contributed by atoms with E-state index >= 15 is 0 Å². The molecule has 0 radical (unpaired) electrons. The molecule has 1 aliphatic carbocycles. The first-order chi connectivity index (χ1) is 14.3. The number of allylic oxidation sites excluding steroid dienone is 1. The first kappa shape index (κ1) is 20.7. The van der Waals surface area contributed by atoms with Gasteiger partial charge >= 0.3 is 5.97 Å². The summed E-state index contributed by atoms with van der Waals surface area (Å²) >= 11 is 1.37. The number of benzene rings is 1. The minimum absolute atomic E-state index is 0.0875. The Bertz CT molecular complexity index is 982. The van der Waals surface area contributed by atoms with Crippen LogP contribution < -0.4 is 5.32 Å². The predicted octanol–water partition coefficient (Wildman–Crippen LogP) is 4.02. The Morgan fingerprint density at radius 3 is 2.73 bits per heavy atom. The zero-order valence-corrected chi connectivity index (χ0v) is 18.0. The van der Waals surface area contributed by atoms with Crippen molar-refractivity contribution in [2.75, 3.05) is 0 Å². The minimum Gasteiger partial charge on any atom is -0.459 e. The first-order valence-electron chi connectivity index (χ1n) is 10.0. The van der Waals surface area contributed by atoms with E-state index in [-0.39, 0.29) is 30.0 Å². The number of nitrogens with zero attached hydrogens (tertiary/aromatic N) is 2. The molecule has 1 fully saturated rings. The van der Waals surface area contributed by atoms with Gasteiger partial charge in [0.1, 0.15) is 5.82 Å². The van der Waals surface area contributed by atoms with E-state index in [1.807, 2.05) is 5.41 Å².